The van der Waals surface area contributed by atoms with E-state index < -0.39 is 0 Å². The Morgan fingerprint density at radius 1 is 1.17 bits per heavy atom. The van der Waals surface area contributed by atoms with Crippen molar-refractivity contribution in [1.82, 2.24) is 0 Å². The summed E-state index contributed by atoms with van der Waals surface area (Å²) in [6, 6.07) is 12.5. The van der Waals surface area contributed by atoms with Crippen molar-refractivity contribution >= 4 is 22.9 Å². The molecule has 0 saturated carbocycles. The summed E-state index contributed by atoms with van der Waals surface area (Å²) >= 11 is 7.88. The number of hydrogen-bond acceptors (Lipinski definition) is 2. The number of rotatable bonds is 6. The molecule has 2 rings (SSSR count). The standard InChI is InChI=1S/C15H17ClOS/c1-17-14-6-4-12(5-7-14)9-13(11-16)10-15-3-2-8-18-15/h2-8,13H,9-11H2,1H3. The van der Waals surface area contributed by atoms with E-state index >= 15 is 0 Å². The van der Waals surface area contributed by atoms with Crippen LogP contribution < -0.4 is 4.74 Å². The number of ether oxygens (including phenoxy) is 1. The monoisotopic (exact) mass is 280 g/mol. The largest absolute Gasteiger partial charge is 0.497 e. The summed E-state index contributed by atoms with van der Waals surface area (Å²) in [5.74, 6) is 2.10. The fourth-order valence-corrected chi connectivity index (χ4v) is 3.03. The van der Waals surface area contributed by atoms with E-state index in [1.165, 1.54) is 10.4 Å². The van der Waals surface area contributed by atoms with Crippen molar-refractivity contribution in [3.63, 3.8) is 0 Å². The minimum Gasteiger partial charge on any atom is -0.497 e. The normalized spacial score (nSPS) is 12.3. The van der Waals surface area contributed by atoms with Gasteiger partial charge in [0.2, 0.25) is 0 Å². The first-order valence-electron chi connectivity index (χ1n) is 6.03. The second kappa shape index (κ2) is 6.81. The van der Waals surface area contributed by atoms with Gasteiger partial charge in [0.1, 0.15) is 5.75 Å². The number of halogens is 1. The van der Waals surface area contributed by atoms with Gasteiger partial charge in [-0.05, 0) is 47.9 Å². The second-order valence-corrected chi connectivity index (χ2v) is 5.70. The van der Waals surface area contributed by atoms with E-state index in [4.69, 9.17) is 16.3 Å². The van der Waals surface area contributed by atoms with Crippen LogP contribution in [0, 0.1) is 5.92 Å². The Hall–Kier alpha value is -0.990. The zero-order valence-corrected chi connectivity index (χ0v) is 12.0. The van der Waals surface area contributed by atoms with Gasteiger partial charge in [-0.1, -0.05) is 18.2 Å². The van der Waals surface area contributed by atoms with Crippen molar-refractivity contribution in [2.75, 3.05) is 13.0 Å². The minimum absolute atomic E-state index is 0.499. The fraction of sp³-hybridized carbons (Fsp3) is 0.333. The highest BCUT2D eigenvalue weighted by molar-refractivity contribution is 7.09. The van der Waals surface area contributed by atoms with E-state index in [0.717, 1.165) is 18.6 Å². The van der Waals surface area contributed by atoms with Crippen LogP contribution in [0.3, 0.4) is 0 Å². The summed E-state index contributed by atoms with van der Waals surface area (Å²) in [5, 5.41) is 2.12. The molecule has 0 spiro atoms. The zero-order valence-electron chi connectivity index (χ0n) is 10.4. The molecular formula is C15H17ClOS. The molecule has 1 unspecified atom stereocenters. The average molecular weight is 281 g/mol. The molecule has 1 heterocycles. The molecule has 1 atom stereocenters. The van der Waals surface area contributed by atoms with E-state index in [-0.39, 0.29) is 0 Å². The van der Waals surface area contributed by atoms with Crippen LogP contribution in [-0.2, 0) is 12.8 Å². The lowest BCUT2D eigenvalue weighted by molar-refractivity contribution is 0.414. The number of thiophene rings is 1. The molecule has 0 N–H and O–H groups in total. The Morgan fingerprint density at radius 3 is 2.50 bits per heavy atom. The number of benzene rings is 1. The lowest BCUT2D eigenvalue weighted by atomic mass is 9.97. The van der Waals surface area contributed by atoms with Gasteiger partial charge in [0.05, 0.1) is 7.11 Å². The smallest absolute Gasteiger partial charge is 0.118 e. The highest BCUT2D eigenvalue weighted by atomic mass is 35.5. The molecule has 0 bridgehead atoms. The van der Waals surface area contributed by atoms with Gasteiger partial charge < -0.3 is 4.74 Å². The topological polar surface area (TPSA) is 9.23 Å². The Labute approximate surface area is 117 Å². The molecule has 0 amide bonds. The number of alkyl halides is 1. The summed E-state index contributed by atoms with van der Waals surface area (Å²) in [6.45, 7) is 0. The first-order valence-corrected chi connectivity index (χ1v) is 7.44. The molecule has 0 aliphatic rings. The lowest BCUT2D eigenvalue weighted by Crippen LogP contribution is -2.09. The van der Waals surface area contributed by atoms with E-state index in [2.05, 4.69) is 29.6 Å². The minimum atomic E-state index is 0.499. The molecule has 18 heavy (non-hydrogen) atoms. The summed E-state index contributed by atoms with van der Waals surface area (Å²) in [5.41, 5.74) is 1.32. The maximum atomic E-state index is 6.07. The van der Waals surface area contributed by atoms with Gasteiger partial charge in [0, 0.05) is 10.8 Å². The van der Waals surface area contributed by atoms with Crippen LogP contribution >= 0.6 is 22.9 Å². The molecule has 0 aliphatic heterocycles. The molecule has 0 fully saturated rings. The quantitative estimate of drug-likeness (QED) is 0.713. The van der Waals surface area contributed by atoms with E-state index in [9.17, 15) is 0 Å². The average Bonchev–Trinajstić information content (AvgIpc) is 2.91. The Morgan fingerprint density at radius 2 is 1.94 bits per heavy atom. The van der Waals surface area contributed by atoms with Crippen molar-refractivity contribution in [2.45, 2.75) is 12.8 Å². The van der Waals surface area contributed by atoms with Crippen LogP contribution in [0.1, 0.15) is 10.4 Å². The zero-order chi connectivity index (χ0) is 12.8. The first kappa shape index (κ1) is 13.4. The molecule has 96 valence electrons. The second-order valence-electron chi connectivity index (χ2n) is 4.36. The third-order valence-electron chi connectivity index (χ3n) is 2.97. The van der Waals surface area contributed by atoms with Gasteiger partial charge in [-0.2, -0.15) is 0 Å². The van der Waals surface area contributed by atoms with Gasteiger partial charge in [-0.25, -0.2) is 0 Å². The third kappa shape index (κ3) is 3.76. The van der Waals surface area contributed by atoms with E-state index in [1.807, 2.05) is 12.1 Å². The van der Waals surface area contributed by atoms with Gasteiger partial charge in [0.25, 0.3) is 0 Å². The van der Waals surface area contributed by atoms with Crippen LogP contribution in [0.2, 0.25) is 0 Å². The van der Waals surface area contributed by atoms with Crippen LogP contribution in [0.15, 0.2) is 41.8 Å². The first-order chi connectivity index (χ1) is 8.81. The highest BCUT2D eigenvalue weighted by Crippen LogP contribution is 2.20. The van der Waals surface area contributed by atoms with E-state index in [1.54, 1.807) is 18.4 Å². The molecule has 3 heteroatoms. The van der Waals surface area contributed by atoms with Crippen LogP contribution in [-0.4, -0.2) is 13.0 Å². The predicted molar refractivity (Wildman–Crippen MR) is 78.9 cm³/mol. The predicted octanol–water partition coefficient (Wildman–Crippen LogP) is 4.40. The molecule has 0 aliphatic carbocycles. The number of hydrogen-bond donors (Lipinski definition) is 0. The molecule has 2 aromatic rings. The van der Waals surface area contributed by atoms with Crippen LogP contribution in [0.4, 0.5) is 0 Å². The fourth-order valence-electron chi connectivity index (χ4n) is 1.99. The van der Waals surface area contributed by atoms with E-state index in [0.29, 0.717) is 11.8 Å². The molecule has 0 radical (unpaired) electrons. The summed E-state index contributed by atoms with van der Waals surface area (Å²) < 4.78 is 5.16. The Kier molecular flexibility index (Phi) is 5.09. The van der Waals surface area contributed by atoms with Crippen molar-refractivity contribution in [2.24, 2.45) is 5.92 Å². The SMILES string of the molecule is COc1ccc(CC(CCl)Cc2cccs2)cc1. The van der Waals surface area contributed by atoms with Crippen molar-refractivity contribution < 1.29 is 4.74 Å². The summed E-state index contributed by atoms with van der Waals surface area (Å²) in [4.78, 5) is 1.41. The maximum Gasteiger partial charge on any atom is 0.118 e. The maximum absolute atomic E-state index is 6.07. The third-order valence-corrected chi connectivity index (χ3v) is 4.31. The number of methoxy groups -OCH3 is 1. The summed E-state index contributed by atoms with van der Waals surface area (Å²) in [6.07, 6.45) is 2.08. The Balaban J connectivity index is 1.96. The van der Waals surface area contributed by atoms with Gasteiger partial charge in [-0.15, -0.1) is 22.9 Å². The van der Waals surface area contributed by atoms with Gasteiger partial charge in [-0.3, -0.25) is 0 Å². The van der Waals surface area contributed by atoms with Crippen molar-refractivity contribution in [1.29, 1.82) is 0 Å². The lowest BCUT2D eigenvalue weighted by Gasteiger charge is -2.13. The molecule has 1 aromatic carbocycles. The highest BCUT2D eigenvalue weighted by Gasteiger charge is 2.10. The van der Waals surface area contributed by atoms with Gasteiger partial charge in [0.15, 0.2) is 0 Å². The molecule has 1 aromatic heterocycles. The molecular weight excluding hydrogens is 264 g/mol. The molecule has 0 saturated heterocycles. The van der Waals surface area contributed by atoms with Crippen molar-refractivity contribution in [3.05, 3.63) is 52.2 Å². The summed E-state index contributed by atoms with van der Waals surface area (Å²) in [7, 11) is 1.69. The van der Waals surface area contributed by atoms with Crippen LogP contribution in [0.5, 0.6) is 5.75 Å². The van der Waals surface area contributed by atoms with Gasteiger partial charge >= 0.3 is 0 Å². The Bertz CT molecular complexity index is 450. The van der Waals surface area contributed by atoms with Crippen molar-refractivity contribution in [3.8, 4) is 5.75 Å². The molecule has 1 nitrogen and oxygen atoms in total. The van der Waals surface area contributed by atoms with Crippen LogP contribution in [0.25, 0.3) is 0 Å².